The minimum absolute atomic E-state index is 0.602. The van der Waals surface area contributed by atoms with E-state index in [4.69, 9.17) is 4.52 Å². The van der Waals surface area contributed by atoms with Gasteiger partial charge >= 0.3 is 0 Å². The van der Waals surface area contributed by atoms with Gasteiger partial charge in [-0.15, -0.1) is 0 Å². The Bertz CT molecular complexity index is 648. The number of nitrogens with zero attached hydrogens (tertiary/aromatic N) is 1. The second kappa shape index (κ2) is 7.89. The van der Waals surface area contributed by atoms with Crippen molar-refractivity contribution in [2.24, 2.45) is 0 Å². The molecule has 1 heterocycles. The van der Waals surface area contributed by atoms with E-state index < -0.39 is 0 Å². The van der Waals surface area contributed by atoms with Crippen molar-refractivity contribution in [2.75, 3.05) is 0 Å². The van der Waals surface area contributed by atoms with E-state index in [1.165, 1.54) is 0 Å². The number of carbonyl (C=O) groups is 1. The molecule has 20 heavy (non-hydrogen) atoms. The zero-order valence-electron chi connectivity index (χ0n) is 12.1. The highest BCUT2D eigenvalue weighted by Gasteiger charge is 2.11. The lowest BCUT2D eigenvalue weighted by Gasteiger charge is -1.97. The van der Waals surface area contributed by atoms with Crippen molar-refractivity contribution >= 4 is 22.8 Å². The molecule has 0 unspecified atom stereocenters. The van der Waals surface area contributed by atoms with E-state index in [1.807, 2.05) is 39.0 Å². The molecule has 0 radical (unpaired) electrons. The Morgan fingerprint density at radius 3 is 2.70 bits per heavy atom. The van der Waals surface area contributed by atoms with Crippen LogP contribution in [0.5, 0.6) is 0 Å². The van der Waals surface area contributed by atoms with E-state index in [2.05, 4.69) is 11.7 Å². The second-order valence-electron chi connectivity index (χ2n) is 3.76. The van der Waals surface area contributed by atoms with Crippen LogP contribution >= 0.6 is 0 Å². The summed E-state index contributed by atoms with van der Waals surface area (Å²) in [7, 11) is 0. The molecular weight excluding hydrogens is 250 g/mol. The SMILES string of the molecule is C=C/C=C(\C=C/C)c1onc2ccc(C=O)cc12.CC. The molecule has 0 bridgehead atoms. The highest BCUT2D eigenvalue weighted by Crippen LogP contribution is 2.26. The summed E-state index contributed by atoms with van der Waals surface area (Å²) in [5, 5.41) is 4.80. The molecule has 0 saturated heterocycles. The number of benzene rings is 1. The molecule has 0 saturated carbocycles. The Balaban J connectivity index is 0.000000956. The third-order valence-corrected chi connectivity index (χ3v) is 2.54. The maximum absolute atomic E-state index is 10.8. The Kier molecular flexibility index (Phi) is 6.17. The summed E-state index contributed by atoms with van der Waals surface area (Å²) in [6.45, 7) is 9.60. The van der Waals surface area contributed by atoms with Gasteiger partial charge < -0.3 is 4.52 Å². The van der Waals surface area contributed by atoms with Gasteiger partial charge in [0.25, 0.3) is 0 Å². The molecule has 0 N–H and O–H groups in total. The first kappa shape index (κ1) is 15.6. The Morgan fingerprint density at radius 2 is 2.10 bits per heavy atom. The lowest BCUT2D eigenvalue weighted by molar-refractivity contribution is 0.112. The summed E-state index contributed by atoms with van der Waals surface area (Å²) in [5.74, 6) is 0.645. The van der Waals surface area contributed by atoms with Crippen molar-refractivity contribution in [3.8, 4) is 0 Å². The number of carbonyl (C=O) groups excluding carboxylic acids is 1. The lowest BCUT2D eigenvalue weighted by Crippen LogP contribution is -1.81. The van der Waals surface area contributed by atoms with Gasteiger partial charge in [-0.3, -0.25) is 4.79 Å². The summed E-state index contributed by atoms with van der Waals surface area (Å²) in [6, 6.07) is 5.26. The van der Waals surface area contributed by atoms with Gasteiger partial charge in [0.15, 0.2) is 5.76 Å². The van der Waals surface area contributed by atoms with Crippen LogP contribution in [0.4, 0.5) is 0 Å². The molecule has 3 heteroatoms. The normalized spacial score (nSPS) is 11.2. The predicted octanol–water partition coefficient (Wildman–Crippen LogP) is 4.81. The largest absolute Gasteiger partial charge is 0.355 e. The van der Waals surface area contributed by atoms with Crippen LogP contribution in [0.25, 0.3) is 16.5 Å². The van der Waals surface area contributed by atoms with Crippen molar-refractivity contribution in [1.82, 2.24) is 5.16 Å². The van der Waals surface area contributed by atoms with Crippen molar-refractivity contribution in [3.63, 3.8) is 0 Å². The summed E-state index contributed by atoms with van der Waals surface area (Å²) in [4.78, 5) is 10.8. The van der Waals surface area contributed by atoms with Gasteiger partial charge in [0, 0.05) is 11.1 Å². The summed E-state index contributed by atoms with van der Waals surface area (Å²) in [5.41, 5.74) is 2.21. The van der Waals surface area contributed by atoms with Crippen molar-refractivity contribution < 1.29 is 9.32 Å². The zero-order valence-corrected chi connectivity index (χ0v) is 12.1. The molecule has 0 amide bonds. The maximum atomic E-state index is 10.8. The summed E-state index contributed by atoms with van der Waals surface area (Å²) in [6.07, 6.45) is 8.16. The number of rotatable bonds is 4. The lowest BCUT2D eigenvalue weighted by atomic mass is 10.1. The maximum Gasteiger partial charge on any atom is 0.174 e. The molecule has 104 valence electrons. The molecule has 3 nitrogen and oxygen atoms in total. The third-order valence-electron chi connectivity index (χ3n) is 2.54. The molecule has 2 rings (SSSR count). The minimum atomic E-state index is 0.602. The van der Waals surface area contributed by atoms with Crippen LogP contribution in [0.1, 0.15) is 36.9 Å². The highest BCUT2D eigenvalue weighted by molar-refractivity contribution is 5.95. The Morgan fingerprint density at radius 1 is 1.35 bits per heavy atom. The molecule has 0 aliphatic rings. The molecule has 1 aromatic carbocycles. The molecule has 2 aromatic rings. The fourth-order valence-electron chi connectivity index (χ4n) is 1.75. The van der Waals surface area contributed by atoms with E-state index in [9.17, 15) is 4.79 Å². The fourth-order valence-corrected chi connectivity index (χ4v) is 1.75. The molecule has 0 aliphatic carbocycles. The monoisotopic (exact) mass is 269 g/mol. The van der Waals surface area contributed by atoms with Crippen LogP contribution in [-0.2, 0) is 0 Å². The molecular formula is C17H19NO2. The zero-order chi connectivity index (χ0) is 15.0. The Labute approximate surface area is 119 Å². The van der Waals surface area contributed by atoms with Crippen LogP contribution < -0.4 is 0 Å². The number of allylic oxidation sites excluding steroid dienone is 5. The van der Waals surface area contributed by atoms with E-state index in [0.29, 0.717) is 11.3 Å². The number of aldehydes is 1. The van der Waals surface area contributed by atoms with E-state index >= 15 is 0 Å². The summed E-state index contributed by atoms with van der Waals surface area (Å²) >= 11 is 0. The fraction of sp³-hybridized carbons (Fsp3) is 0.176. The minimum Gasteiger partial charge on any atom is -0.355 e. The van der Waals surface area contributed by atoms with E-state index in [-0.39, 0.29) is 0 Å². The average Bonchev–Trinajstić information content (AvgIpc) is 2.92. The molecule has 0 fully saturated rings. The second-order valence-corrected chi connectivity index (χ2v) is 3.76. The smallest absolute Gasteiger partial charge is 0.174 e. The van der Waals surface area contributed by atoms with Gasteiger partial charge in [-0.05, 0) is 25.1 Å². The van der Waals surface area contributed by atoms with Gasteiger partial charge in [0.2, 0.25) is 0 Å². The molecule has 0 aliphatic heterocycles. The highest BCUT2D eigenvalue weighted by atomic mass is 16.5. The van der Waals surface area contributed by atoms with Gasteiger partial charge in [0.05, 0.1) is 5.39 Å². The molecule has 0 atom stereocenters. The number of aromatic nitrogens is 1. The van der Waals surface area contributed by atoms with Crippen molar-refractivity contribution in [3.05, 3.63) is 60.4 Å². The van der Waals surface area contributed by atoms with E-state index in [0.717, 1.165) is 22.8 Å². The third kappa shape index (κ3) is 3.32. The first-order chi connectivity index (χ1) is 9.80. The van der Waals surface area contributed by atoms with Crippen LogP contribution in [0.3, 0.4) is 0 Å². The van der Waals surface area contributed by atoms with Crippen LogP contribution in [0, 0.1) is 0 Å². The Hall–Kier alpha value is -2.42. The first-order valence-electron chi connectivity index (χ1n) is 6.60. The summed E-state index contributed by atoms with van der Waals surface area (Å²) < 4.78 is 5.35. The van der Waals surface area contributed by atoms with Crippen LogP contribution in [0.15, 0.2) is 53.6 Å². The van der Waals surface area contributed by atoms with Gasteiger partial charge in [-0.1, -0.05) is 49.9 Å². The number of hydrogen-bond donors (Lipinski definition) is 0. The molecule has 1 aromatic heterocycles. The average molecular weight is 269 g/mol. The van der Waals surface area contributed by atoms with Gasteiger partial charge in [-0.25, -0.2) is 0 Å². The van der Waals surface area contributed by atoms with E-state index in [1.54, 1.807) is 24.3 Å². The number of hydrogen-bond acceptors (Lipinski definition) is 3. The first-order valence-corrected chi connectivity index (χ1v) is 6.60. The van der Waals surface area contributed by atoms with Gasteiger partial charge in [-0.2, -0.15) is 0 Å². The topological polar surface area (TPSA) is 43.1 Å². The van der Waals surface area contributed by atoms with Gasteiger partial charge in [0.1, 0.15) is 11.8 Å². The van der Waals surface area contributed by atoms with Crippen molar-refractivity contribution in [2.45, 2.75) is 20.8 Å². The quantitative estimate of drug-likeness (QED) is 0.590. The molecule has 0 spiro atoms. The number of fused-ring (bicyclic) bond motifs is 1. The van der Waals surface area contributed by atoms with Crippen molar-refractivity contribution in [1.29, 1.82) is 0 Å². The predicted molar refractivity (Wildman–Crippen MR) is 83.7 cm³/mol. The van der Waals surface area contributed by atoms with Crippen LogP contribution in [0.2, 0.25) is 0 Å². The standard InChI is InChI=1S/C15H13NO2.C2H6/c1-3-5-12(6-4-2)15-13-9-11(10-17)7-8-14(13)16-18-15;1-2/h3-10H,1H2,2H3;1-2H3/b6-4-,12-5+;. The van der Waals surface area contributed by atoms with Crippen LogP contribution in [-0.4, -0.2) is 11.4 Å².